The van der Waals surface area contributed by atoms with Crippen LogP contribution in [0.1, 0.15) is 37.6 Å². The minimum Gasteiger partial charge on any atom is -0.368 e. The summed E-state index contributed by atoms with van der Waals surface area (Å²) in [5.74, 6) is -13.4. The third-order valence-electron chi connectivity index (χ3n) is 4.58. The first-order valence-corrected chi connectivity index (χ1v) is 8.47. The summed E-state index contributed by atoms with van der Waals surface area (Å²) in [4.78, 5) is 12.7. The van der Waals surface area contributed by atoms with Crippen LogP contribution in [0, 0.1) is 5.41 Å². The van der Waals surface area contributed by atoms with E-state index in [2.05, 4.69) is 5.10 Å². The van der Waals surface area contributed by atoms with Gasteiger partial charge < -0.3 is 5.11 Å². The molecule has 0 spiro atoms. The van der Waals surface area contributed by atoms with Crippen molar-refractivity contribution in [3.8, 4) is 0 Å². The van der Waals surface area contributed by atoms with Crippen LogP contribution in [-0.4, -0.2) is 45.5 Å². The Morgan fingerprint density at radius 3 is 1.97 bits per heavy atom. The third-order valence-corrected chi connectivity index (χ3v) is 4.83. The van der Waals surface area contributed by atoms with Crippen LogP contribution in [0.5, 0.6) is 0 Å². The minimum absolute atomic E-state index is 0.117. The van der Waals surface area contributed by atoms with Gasteiger partial charge >= 0.3 is 18.0 Å². The van der Waals surface area contributed by atoms with Gasteiger partial charge in [-0.3, -0.25) is 4.79 Å². The zero-order chi connectivity index (χ0) is 22.6. The molecule has 12 heteroatoms. The summed E-state index contributed by atoms with van der Waals surface area (Å²) in [6, 6.07) is 4.84. The largest absolute Gasteiger partial charge is 0.460 e. The molecule has 0 radical (unpaired) electrons. The predicted molar refractivity (Wildman–Crippen MR) is 90.0 cm³/mol. The van der Waals surface area contributed by atoms with E-state index in [0.29, 0.717) is 0 Å². The maximum atomic E-state index is 14.2. The molecule has 0 bridgehead atoms. The van der Waals surface area contributed by atoms with Gasteiger partial charge in [0.15, 0.2) is 5.72 Å². The van der Waals surface area contributed by atoms with Crippen molar-refractivity contribution in [1.29, 1.82) is 0 Å². The number of alkyl halides is 7. The van der Waals surface area contributed by atoms with Gasteiger partial charge in [0.05, 0.1) is 0 Å². The lowest BCUT2D eigenvalue weighted by molar-refractivity contribution is -0.336. The minimum atomic E-state index is -6.58. The Bertz CT molecular complexity index is 832. The molecule has 1 N–H and O–H groups in total. The van der Waals surface area contributed by atoms with Gasteiger partial charge in [-0.2, -0.15) is 40.8 Å². The molecule has 0 aromatic heterocycles. The molecule has 162 valence electrons. The molecule has 0 saturated heterocycles. The number of hydrogen-bond acceptors (Lipinski definition) is 3. The van der Waals surface area contributed by atoms with Gasteiger partial charge in [0.1, 0.15) is 5.71 Å². The second kappa shape index (κ2) is 6.83. The molecule has 0 aliphatic carbocycles. The molecule has 1 aliphatic rings. The fraction of sp³-hybridized carbons (Fsp3) is 0.529. The van der Waals surface area contributed by atoms with E-state index in [9.17, 15) is 40.6 Å². The number of halogens is 8. The highest BCUT2D eigenvalue weighted by Gasteiger charge is 2.76. The van der Waals surface area contributed by atoms with Crippen molar-refractivity contribution in [2.45, 2.75) is 50.9 Å². The van der Waals surface area contributed by atoms with Crippen molar-refractivity contribution in [2.24, 2.45) is 10.5 Å². The van der Waals surface area contributed by atoms with E-state index in [1.165, 1.54) is 32.9 Å². The quantitative estimate of drug-likeness (QED) is 0.653. The molecule has 0 saturated carbocycles. The topological polar surface area (TPSA) is 52.9 Å². The zero-order valence-electron chi connectivity index (χ0n) is 15.3. The summed E-state index contributed by atoms with van der Waals surface area (Å²) in [5.41, 5.74) is -6.19. The van der Waals surface area contributed by atoms with Crippen LogP contribution in [0.3, 0.4) is 0 Å². The van der Waals surface area contributed by atoms with E-state index in [0.717, 1.165) is 12.1 Å². The Balaban J connectivity index is 2.59. The van der Waals surface area contributed by atoms with Gasteiger partial charge in [-0.25, -0.2) is 0 Å². The van der Waals surface area contributed by atoms with Crippen molar-refractivity contribution in [2.75, 3.05) is 0 Å². The van der Waals surface area contributed by atoms with E-state index >= 15 is 0 Å². The van der Waals surface area contributed by atoms with Crippen molar-refractivity contribution in [1.82, 2.24) is 5.01 Å². The molecule has 1 atom stereocenters. The van der Waals surface area contributed by atoms with E-state index in [1.54, 1.807) is 0 Å². The molecule has 1 amide bonds. The highest BCUT2D eigenvalue weighted by molar-refractivity contribution is 6.30. The lowest BCUT2D eigenvalue weighted by atomic mass is 9.79. The first-order chi connectivity index (χ1) is 12.9. The number of hydrogen-bond donors (Lipinski definition) is 1. The van der Waals surface area contributed by atoms with Crippen molar-refractivity contribution >= 4 is 23.2 Å². The SMILES string of the molecule is CC(C)(C)[C@]1(O)CC(C(F)(F)C(F)(F)C(F)(F)F)=NN1C(=O)c1ccc(Cl)cc1. The van der Waals surface area contributed by atoms with Crippen LogP contribution >= 0.6 is 11.6 Å². The second-order valence-corrected chi connectivity index (χ2v) is 8.00. The number of rotatable bonds is 3. The molecule has 0 unspecified atom stereocenters. The van der Waals surface area contributed by atoms with Gasteiger partial charge in [-0.15, -0.1) is 0 Å². The van der Waals surface area contributed by atoms with Crippen molar-refractivity contribution in [3.63, 3.8) is 0 Å². The molecule has 1 aromatic rings. The summed E-state index contributed by atoms with van der Waals surface area (Å²) in [5, 5.41) is 14.3. The second-order valence-electron chi connectivity index (χ2n) is 7.56. The molecule has 4 nitrogen and oxygen atoms in total. The summed E-state index contributed by atoms with van der Waals surface area (Å²) in [6.45, 7) is 3.86. The Morgan fingerprint density at radius 1 is 1.07 bits per heavy atom. The number of nitrogens with zero attached hydrogens (tertiary/aromatic N) is 2. The van der Waals surface area contributed by atoms with Crippen LogP contribution in [0.4, 0.5) is 30.7 Å². The molecule has 0 fully saturated rings. The van der Waals surface area contributed by atoms with Crippen LogP contribution in [0.25, 0.3) is 0 Å². The molecule has 1 heterocycles. The van der Waals surface area contributed by atoms with Gasteiger partial charge in [0.2, 0.25) is 0 Å². The number of hydrazone groups is 1. The number of benzene rings is 1. The Morgan fingerprint density at radius 2 is 1.55 bits per heavy atom. The Hall–Kier alpha value is -1.88. The van der Waals surface area contributed by atoms with E-state index in [-0.39, 0.29) is 15.6 Å². The third kappa shape index (κ3) is 3.70. The summed E-state index contributed by atoms with van der Waals surface area (Å²) in [6.07, 6.45) is -7.99. The number of aliphatic hydroxyl groups is 1. The van der Waals surface area contributed by atoms with Gasteiger partial charge in [0, 0.05) is 22.4 Å². The maximum Gasteiger partial charge on any atom is 0.460 e. The average molecular weight is 449 g/mol. The highest BCUT2D eigenvalue weighted by Crippen LogP contribution is 2.51. The predicted octanol–water partition coefficient (Wildman–Crippen LogP) is 5.11. The Labute approximate surface area is 165 Å². The van der Waals surface area contributed by atoms with Crippen LogP contribution in [-0.2, 0) is 0 Å². The standard InChI is InChI=1S/C17H16ClF7N2O2/c1-13(2,3)14(29)8-11(15(19,20)16(21,22)17(23,24)25)26-27(14)12(28)9-4-6-10(18)7-5-9/h4-7,29H,8H2,1-3H3/t14-/m1/s1. The smallest absolute Gasteiger partial charge is 0.368 e. The number of carbonyl (C=O) groups excluding carboxylic acids is 1. The van der Waals surface area contributed by atoms with Crippen molar-refractivity contribution in [3.05, 3.63) is 34.9 Å². The maximum absolute atomic E-state index is 14.2. The first-order valence-electron chi connectivity index (χ1n) is 8.09. The number of carbonyl (C=O) groups is 1. The first kappa shape index (κ1) is 23.4. The zero-order valence-corrected chi connectivity index (χ0v) is 16.0. The fourth-order valence-electron chi connectivity index (χ4n) is 2.59. The van der Waals surface area contributed by atoms with Gasteiger partial charge in [-0.1, -0.05) is 32.4 Å². The average Bonchev–Trinajstić information content (AvgIpc) is 2.93. The molecule has 29 heavy (non-hydrogen) atoms. The summed E-state index contributed by atoms with van der Waals surface area (Å²) in [7, 11) is 0. The fourth-order valence-corrected chi connectivity index (χ4v) is 2.72. The summed E-state index contributed by atoms with van der Waals surface area (Å²) >= 11 is 5.69. The van der Waals surface area contributed by atoms with Gasteiger partial charge in [0.25, 0.3) is 5.91 Å². The molecular weight excluding hydrogens is 433 g/mol. The lowest BCUT2D eigenvalue weighted by Gasteiger charge is -2.41. The van der Waals surface area contributed by atoms with E-state index in [1.807, 2.05) is 0 Å². The monoisotopic (exact) mass is 448 g/mol. The molecular formula is C17H16ClF7N2O2. The number of amides is 1. The van der Waals surface area contributed by atoms with E-state index in [4.69, 9.17) is 11.6 Å². The molecule has 1 aromatic carbocycles. The summed E-state index contributed by atoms with van der Waals surface area (Å²) < 4.78 is 92.8. The van der Waals surface area contributed by atoms with Crippen LogP contribution in [0.2, 0.25) is 5.02 Å². The van der Waals surface area contributed by atoms with Crippen molar-refractivity contribution < 1.29 is 40.6 Å². The van der Waals surface area contributed by atoms with Crippen LogP contribution < -0.4 is 0 Å². The molecule has 2 rings (SSSR count). The highest BCUT2D eigenvalue weighted by atomic mass is 35.5. The van der Waals surface area contributed by atoms with Gasteiger partial charge in [-0.05, 0) is 24.3 Å². The Kier molecular flexibility index (Phi) is 5.51. The lowest BCUT2D eigenvalue weighted by Crippen LogP contribution is -2.58. The van der Waals surface area contributed by atoms with Crippen LogP contribution in [0.15, 0.2) is 29.4 Å². The van der Waals surface area contributed by atoms with E-state index < -0.39 is 47.2 Å². The normalized spacial score (nSPS) is 21.4. The molecule has 1 aliphatic heterocycles.